The number of rotatable bonds is 5. The van der Waals surface area contributed by atoms with Crippen LogP contribution in [-0.4, -0.2) is 31.2 Å². The number of halogens is 1. The molecule has 0 aliphatic heterocycles. The van der Waals surface area contributed by atoms with E-state index in [1.54, 1.807) is 6.33 Å². The normalized spacial score (nSPS) is 12.7. The van der Waals surface area contributed by atoms with Gasteiger partial charge in [0.25, 0.3) is 0 Å². The Bertz CT molecular complexity index is 574. The van der Waals surface area contributed by atoms with Gasteiger partial charge in [-0.05, 0) is 12.3 Å². The molecule has 0 amide bonds. The smallest absolute Gasteiger partial charge is 0.223 e. The molecule has 1 atom stereocenters. The minimum Gasteiger partial charge on any atom is -0.396 e. The number of hydrogen-bond acceptors (Lipinski definition) is 5. The van der Waals surface area contributed by atoms with Gasteiger partial charge in [0.05, 0.1) is 6.33 Å². The molecule has 0 saturated heterocycles. The zero-order valence-electron chi connectivity index (χ0n) is 11.6. The molecule has 0 unspecified atom stereocenters. The van der Waals surface area contributed by atoms with Crippen LogP contribution in [0, 0.1) is 55.9 Å². The summed E-state index contributed by atoms with van der Waals surface area (Å²) in [5, 5.41) is 9.69. The van der Waals surface area contributed by atoms with Gasteiger partial charge in [-0.2, -0.15) is 9.97 Å². The molecule has 2 rings (SSSR count). The Morgan fingerprint density at radius 3 is 2.70 bits per heavy atom. The molecular formula is C12H18AcClN5O. The first-order valence-corrected chi connectivity index (χ1v) is 6.63. The van der Waals surface area contributed by atoms with E-state index in [0.29, 0.717) is 23.6 Å². The van der Waals surface area contributed by atoms with E-state index in [4.69, 9.17) is 17.3 Å². The van der Waals surface area contributed by atoms with Crippen LogP contribution in [0.3, 0.4) is 0 Å². The number of hydrogen-bond donors (Lipinski definition) is 2. The number of nitrogens with two attached hydrogens (primary N) is 1. The first kappa shape index (κ1) is 18.1. The molecule has 8 heteroatoms. The average Bonchev–Trinajstić information content (AvgIpc) is 2.71. The van der Waals surface area contributed by atoms with Crippen LogP contribution < -0.4 is 5.73 Å². The summed E-state index contributed by atoms with van der Waals surface area (Å²) in [6.45, 7) is 5.03. The Hall–Kier alpha value is 0.0416. The van der Waals surface area contributed by atoms with E-state index in [0.717, 1.165) is 6.42 Å². The van der Waals surface area contributed by atoms with Crippen LogP contribution in [0.25, 0.3) is 11.2 Å². The predicted molar refractivity (Wildman–Crippen MR) is 74.8 cm³/mol. The number of anilines is 1. The summed E-state index contributed by atoms with van der Waals surface area (Å²) >= 11 is 5.97. The van der Waals surface area contributed by atoms with Gasteiger partial charge < -0.3 is 15.4 Å². The van der Waals surface area contributed by atoms with E-state index in [-0.39, 0.29) is 67.7 Å². The third kappa shape index (κ3) is 4.27. The van der Waals surface area contributed by atoms with Crippen LogP contribution in [0.4, 0.5) is 5.95 Å². The largest absolute Gasteiger partial charge is 0.396 e. The Labute approximate surface area is 158 Å². The molecule has 0 saturated carbocycles. The van der Waals surface area contributed by atoms with Crippen molar-refractivity contribution < 1.29 is 49.2 Å². The van der Waals surface area contributed by atoms with E-state index in [2.05, 4.69) is 28.8 Å². The second kappa shape index (κ2) is 7.88. The van der Waals surface area contributed by atoms with Gasteiger partial charge in [0, 0.05) is 63.1 Å². The predicted octanol–water partition coefficient (Wildman–Crippen LogP) is 1.72. The standard InChI is InChI=1S/C12H18ClN5O.Ac/c1-7(2)3-8(5-19)4-18-6-15-9-10(13)16-12(14)17-11(9)18;/h6-8,19H,3-5H2,1-2H3,(H2,14,16,17);/t8-;/m1./s1. The summed E-state index contributed by atoms with van der Waals surface area (Å²) in [5.74, 6) is 0.811. The molecule has 0 aliphatic rings. The summed E-state index contributed by atoms with van der Waals surface area (Å²) in [6.07, 6.45) is 2.60. The van der Waals surface area contributed by atoms with Crippen molar-refractivity contribution in [1.29, 1.82) is 0 Å². The summed E-state index contributed by atoms with van der Waals surface area (Å²) < 4.78 is 1.86. The Morgan fingerprint density at radius 1 is 1.40 bits per heavy atom. The molecule has 0 aromatic carbocycles. The minimum atomic E-state index is 0. The molecule has 0 spiro atoms. The molecule has 0 fully saturated rings. The summed E-state index contributed by atoms with van der Waals surface area (Å²) in [4.78, 5) is 12.2. The Balaban J connectivity index is 0.00000200. The molecule has 6 nitrogen and oxygen atoms in total. The van der Waals surface area contributed by atoms with Crippen LogP contribution in [0.15, 0.2) is 6.33 Å². The number of aliphatic hydroxyl groups is 1. The fraction of sp³-hybridized carbons (Fsp3) is 0.583. The van der Waals surface area contributed by atoms with Crippen molar-refractivity contribution in [3.05, 3.63) is 11.5 Å². The third-order valence-electron chi connectivity index (χ3n) is 2.96. The number of nitrogens with zero attached hydrogens (tertiary/aromatic N) is 4. The third-order valence-corrected chi connectivity index (χ3v) is 3.22. The fourth-order valence-corrected chi connectivity index (χ4v) is 2.43. The van der Waals surface area contributed by atoms with Gasteiger partial charge >= 0.3 is 0 Å². The molecule has 20 heavy (non-hydrogen) atoms. The topological polar surface area (TPSA) is 89.8 Å². The quantitative estimate of drug-likeness (QED) is 0.598. The average molecular weight is 511 g/mol. The van der Waals surface area contributed by atoms with Gasteiger partial charge in [0.2, 0.25) is 5.95 Å². The summed E-state index contributed by atoms with van der Waals surface area (Å²) in [5.41, 5.74) is 6.75. The SMILES string of the molecule is CC(C)C[C@@H](CO)Cn1cnc2c(Cl)nc(N)nc21.[Ac]. The second-order valence-corrected chi connectivity index (χ2v) is 5.48. The first-order valence-electron chi connectivity index (χ1n) is 6.26. The maximum Gasteiger partial charge on any atom is 0.223 e. The maximum absolute atomic E-state index is 9.44. The first-order chi connectivity index (χ1) is 9.01. The summed E-state index contributed by atoms with van der Waals surface area (Å²) in [6, 6.07) is 0. The van der Waals surface area contributed by atoms with Crippen LogP contribution in [-0.2, 0) is 6.54 Å². The van der Waals surface area contributed by atoms with Crippen molar-refractivity contribution in [2.45, 2.75) is 26.8 Å². The molecule has 3 N–H and O–H groups in total. The van der Waals surface area contributed by atoms with E-state index in [9.17, 15) is 5.11 Å². The molecule has 2 aromatic rings. The van der Waals surface area contributed by atoms with Crippen molar-refractivity contribution in [1.82, 2.24) is 19.5 Å². The maximum atomic E-state index is 9.44. The van der Waals surface area contributed by atoms with Crippen molar-refractivity contribution in [3.8, 4) is 0 Å². The summed E-state index contributed by atoms with van der Waals surface area (Å²) in [7, 11) is 0. The van der Waals surface area contributed by atoms with E-state index >= 15 is 0 Å². The monoisotopic (exact) mass is 510 g/mol. The number of fused-ring (bicyclic) bond motifs is 1. The van der Waals surface area contributed by atoms with Crippen LogP contribution in [0.5, 0.6) is 0 Å². The van der Waals surface area contributed by atoms with E-state index < -0.39 is 0 Å². The fourth-order valence-electron chi connectivity index (χ4n) is 2.21. The molecule has 2 heterocycles. The van der Waals surface area contributed by atoms with Crippen molar-refractivity contribution in [3.63, 3.8) is 0 Å². The molecule has 0 bridgehead atoms. The molecule has 2 aromatic heterocycles. The number of aromatic nitrogens is 4. The van der Waals surface area contributed by atoms with Gasteiger partial charge in [0.1, 0.15) is 5.52 Å². The van der Waals surface area contributed by atoms with Gasteiger partial charge in [-0.3, -0.25) is 0 Å². The number of aliphatic hydroxyl groups excluding tert-OH is 1. The molecule has 107 valence electrons. The van der Waals surface area contributed by atoms with Crippen molar-refractivity contribution >= 4 is 28.7 Å². The van der Waals surface area contributed by atoms with Gasteiger partial charge in [0.15, 0.2) is 10.8 Å². The van der Waals surface area contributed by atoms with Crippen molar-refractivity contribution in [2.75, 3.05) is 12.3 Å². The Morgan fingerprint density at radius 2 is 2.10 bits per heavy atom. The molecule has 1 radical (unpaired) electrons. The van der Waals surface area contributed by atoms with Crippen molar-refractivity contribution in [2.24, 2.45) is 11.8 Å². The van der Waals surface area contributed by atoms with Gasteiger partial charge in [-0.1, -0.05) is 25.4 Å². The molecular weight excluding hydrogens is 493 g/mol. The van der Waals surface area contributed by atoms with Crippen LogP contribution in [0.2, 0.25) is 5.15 Å². The number of nitrogen functional groups attached to an aromatic ring is 1. The zero-order valence-corrected chi connectivity index (χ0v) is 17.1. The second-order valence-electron chi connectivity index (χ2n) is 5.12. The van der Waals surface area contributed by atoms with E-state index in [1.165, 1.54) is 0 Å². The van der Waals surface area contributed by atoms with Gasteiger partial charge in [-0.15, -0.1) is 0 Å². The molecule has 0 aliphatic carbocycles. The van der Waals surface area contributed by atoms with Crippen LogP contribution in [0.1, 0.15) is 20.3 Å². The zero-order chi connectivity index (χ0) is 14.0. The Kier molecular flexibility index (Phi) is 7.13. The van der Waals surface area contributed by atoms with E-state index in [1.807, 2.05) is 4.57 Å². The minimum absolute atomic E-state index is 0. The van der Waals surface area contributed by atoms with Crippen LogP contribution >= 0.6 is 11.6 Å². The number of imidazole rings is 1. The van der Waals surface area contributed by atoms with Gasteiger partial charge in [-0.25, -0.2) is 4.98 Å².